The van der Waals surface area contributed by atoms with Crippen molar-refractivity contribution in [3.8, 4) is 0 Å². The Morgan fingerprint density at radius 3 is 2.33 bits per heavy atom. The zero-order valence-corrected chi connectivity index (χ0v) is 13.5. The van der Waals surface area contributed by atoms with Crippen molar-refractivity contribution in [3.63, 3.8) is 0 Å². The minimum absolute atomic E-state index is 0.333. The van der Waals surface area contributed by atoms with Gasteiger partial charge in [-0.1, -0.05) is 35.3 Å². The number of benzene rings is 2. The summed E-state index contributed by atoms with van der Waals surface area (Å²) in [4.78, 5) is 11.9. The second-order valence-corrected chi connectivity index (χ2v) is 6.52. The number of carbonyl (C=O) groups is 1. The van der Waals surface area contributed by atoms with E-state index in [1.165, 1.54) is 7.11 Å². The van der Waals surface area contributed by atoms with Crippen LogP contribution in [0.4, 0.5) is 0 Å². The zero-order valence-electron chi connectivity index (χ0n) is 11.1. The highest BCUT2D eigenvalue weighted by molar-refractivity contribution is 7.84. The van der Waals surface area contributed by atoms with Crippen LogP contribution in [0.3, 0.4) is 0 Å². The van der Waals surface area contributed by atoms with E-state index in [0.717, 1.165) is 5.56 Å². The molecule has 2 rings (SSSR count). The minimum Gasteiger partial charge on any atom is -0.465 e. The summed E-state index contributed by atoms with van der Waals surface area (Å²) in [5, 5.41) is 0.809. The summed E-state index contributed by atoms with van der Waals surface area (Å²) in [7, 11) is 0.0976. The lowest BCUT2D eigenvalue weighted by Crippen LogP contribution is -2.02. The van der Waals surface area contributed by atoms with Crippen molar-refractivity contribution in [1.29, 1.82) is 0 Å². The Hall–Kier alpha value is -1.36. The predicted octanol–water partition coefficient (Wildman–Crippen LogP) is 4.09. The Kier molecular flexibility index (Phi) is 5.39. The summed E-state index contributed by atoms with van der Waals surface area (Å²) in [6, 6.07) is 11.7. The molecule has 0 amide bonds. The van der Waals surface area contributed by atoms with E-state index in [0.29, 0.717) is 26.3 Å². The summed E-state index contributed by atoms with van der Waals surface area (Å²) in [5.41, 5.74) is 1.31. The standard InChI is InChI=1S/C15H12Cl2O3S/c1-20-15(18)11-4-2-10(3-5-11)9-21(19)12-6-7-13(16)14(17)8-12/h2-8H,9H2,1H3. The molecule has 0 aliphatic carbocycles. The van der Waals surface area contributed by atoms with Crippen molar-refractivity contribution in [2.24, 2.45) is 0 Å². The fourth-order valence-electron chi connectivity index (χ4n) is 1.71. The van der Waals surface area contributed by atoms with Gasteiger partial charge in [0.15, 0.2) is 0 Å². The van der Waals surface area contributed by atoms with E-state index in [9.17, 15) is 9.00 Å². The molecule has 2 aromatic rings. The summed E-state index contributed by atoms with van der Waals surface area (Å²) in [6.07, 6.45) is 0. The van der Waals surface area contributed by atoms with Crippen molar-refractivity contribution < 1.29 is 13.7 Å². The van der Waals surface area contributed by atoms with Crippen LogP contribution < -0.4 is 0 Å². The fraction of sp³-hybridized carbons (Fsp3) is 0.133. The Balaban J connectivity index is 2.12. The third-order valence-electron chi connectivity index (χ3n) is 2.83. The third kappa shape index (κ3) is 4.06. The smallest absolute Gasteiger partial charge is 0.337 e. The van der Waals surface area contributed by atoms with E-state index in [4.69, 9.17) is 23.2 Å². The van der Waals surface area contributed by atoms with E-state index in [-0.39, 0.29) is 0 Å². The maximum absolute atomic E-state index is 12.3. The average molecular weight is 343 g/mol. The fourth-order valence-corrected chi connectivity index (χ4v) is 3.20. The molecular weight excluding hydrogens is 331 g/mol. The molecule has 0 saturated carbocycles. The maximum Gasteiger partial charge on any atom is 0.337 e. The molecule has 0 heterocycles. The van der Waals surface area contributed by atoms with Gasteiger partial charge in [-0.15, -0.1) is 0 Å². The van der Waals surface area contributed by atoms with Crippen molar-refractivity contribution in [3.05, 3.63) is 63.6 Å². The minimum atomic E-state index is -1.23. The molecule has 0 bridgehead atoms. The monoisotopic (exact) mass is 342 g/mol. The summed E-state index contributed by atoms with van der Waals surface area (Å²) in [5.74, 6) is -0.0634. The van der Waals surface area contributed by atoms with Gasteiger partial charge in [0.1, 0.15) is 0 Å². The number of methoxy groups -OCH3 is 1. The summed E-state index contributed by atoms with van der Waals surface area (Å²) >= 11 is 11.7. The second kappa shape index (κ2) is 7.07. The normalized spacial score (nSPS) is 12.0. The number of carbonyl (C=O) groups excluding carboxylic acids is 1. The van der Waals surface area contributed by atoms with Crippen LogP contribution in [0, 0.1) is 0 Å². The van der Waals surface area contributed by atoms with Gasteiger partial charge in [-0.05, 0) is 35.9 Å². The molecule has 0 aliphatic rings. The van der Waals surface area contributed by atoms with Gasteiger partial charge in [0, 0.05) is 4.90 Å². The summed E-state index contributed by atoms with van der Waals surface area (Å²) in [6.45, 7) is 0. The van der Waals surface area contributed by atoms with E-state index in [1.54, 1.807) is 42.5 Å². The number of hydrogen-bond donors (Lipinski definition) is 0. The predicted molar refractivity (Wildman–Crippen MR) is 84.4 cm³/mol. The molecule has 0 N–H and O–H groups in total. The maximum atomic E-state index is 12.3. The number of ether oxygens (including phenoxy) is 1. The Morgan fingerprint density at radius 2 is 1.76 bits per heavy atom. The molecule has 6 heteroatoms. The number of rotatable bonds is 4. The first-order valence-electron chi connectivity index (χ1n) is 6.02. The highest BCUT2D eigenvalue weighted by Crippen LogP contribution is 2.25. The van der Waals surface area contributed by atoms with Gasteiger partial charge in [0.05, 0.1) is 39.3 Å². The van der Waals surface area contributed by atoms with Crippen molar-refractivity contribution in [2.45, 2.75) is 10.6 Å². The number of halogens is 2. The molecule has 0 saturated heterocycles. The van der Waals surface area contributed by atoms with E-state index in [2.05, 4.69) is 4.74 Å². The van der Waals surface area contributed by atoms with Crippen LogP contribution in [-0.4, -0.2) is 17.3 Å². The van der Waals surface area contributed by atoms with Crippen LogP contribution in [0.15, 0.2) is 47.4 Å². The van der Waals surface area contributed by atoms with E-state index in [1.807, 2.05) is 0 Å². The van der Waals surface area contributed by atoms with E-state index < -0.39 is 16.8 Å². The van der Waals surface area contributed by atoms with Crippen LogP contribution in [0.5, 0.6) is 0 Å². The van der Waals surface area contributed by atoms with Gasteiger partial charge in [-0.25, -0.2) is 4.79 Å². The van der Waals surface area contributed by atoms with Gasteiger partial charge < -0.3 is 4.74 Å². The molecule has 0 radical (unpaired) electrons. The molecule has 0 spiro atoms. The number of esters is 1. The Bertz CT molecular complexity index is 684. The topological polar surface area (TPSA) is 43.4 Å². The lowest BCUT2D eigenvalue weighted by molar-refractivity contribution is 0.0600. The molecule has 0 aromatic heterocycles. The summed E-state index contributed by atoms with van der Waals surface area (Å²) < 4.78 is 16.9. The lowest BCUT2D eigenvalue weighted by Gasteiger charge is -2.05. The zero-order chi connectivity index (χ0) is 15.4. The van der Waals surface area contributed by atoms with Gasteiger partial charge in [0.2, 0.25) is 0 Å². The highest BCUT2D eigenvalue weighted by atomic mass is 35.5. The van der Waals surface area contributed by atoms with Gasteiger partial charge in [-0.3, -0.25) is 4.21 Å². The SMILES string of the molecule is COC(=O)c1ccc(CS(=O)c2ccc(Cl)c(Cl)c2)cc1. The molecule has 3 nitrogen and oxygen atoms in total. The number of hydrogen-bond acceptors (Lipinski definition) is 3. The van der Waals surface area contributed by atoms with Crippen LogP contribution in [0.25, 0.3) is 0 Å². The Morgan fingerprint density at radius 1 is 1.10 bits per heavy atom. The van der Waals surface area contributed by atoms with Crippen LogP contribution in [0.1, 0.15) is 15.9 Å². The first-order valence-corrected chi connectivity index (χ1v) is 8.09. The highest BCUT2D eigenvalue weighted by Gasteiger charge is 2.09. The molecule has 0 aliphatic heterocycles. The molecule has 1 atom stereocenters. The lowest BCUT2D eigenvalue weighted by atomic mass is 10.1. The molecule has 21 heavy (non-hydrogen) atoms. The van der Waals surface area contributed by atoms with Crippen LogP contribution in [-0.2, 0) is 21.3 Å². The van der Waals surface area contributed by atoms with Gasteiger partial charge >= 0.3 is 5.97 Å². The van der Waals surface area contributed by atoms with Crippen molar-refractivity contribution in [2.75, 3.05) is 7.11 Å². The molecule has 110 valence electrons. The second-order valence-electron chi connectivity index (χ2n) is 4.25. The quantitative estimate of drug-likeness (QED) is 0.786. The average Bonchev–Trinajstić information content (AvgIpc) is 2.50. The molecular formula is C15H12Cl2O3S. The molecule has 0 fully saturated rings. The van der Waals surface area contributed by atoms with Crippen LogP contribution in [0.2, 0.25) is 10.0 Å². The largest absolute Gasteiger partial charge is 0.465 e. The van der Waals surface area contributed by atoms with Crippen LogP contribution >= 0.6 is 23.2 Å². The molecule has 2 aromatic carbocycles. The van der Waals surface area contributed by atoms with Gasteiger partial charge in [-0.2, -0.15) is 0 Å². The first kappa shape index (κ1) is 16.0. The molecule has 1 unspecified atom stereocenters. The van der Waals surface area contributed by atoms with Crippen molar-refractivity contribution >= 4 is 40.0 Å². The third-order valence-corrected chi connectivity index (χ3v) is 4.94. The van der Waals surface area contributed by atoms with Crippen molar-refractivity contribution in [1.82, 2.24) is 0 Å². The van der Waals surface area contributed by atoms with Gasteiger partial charge in [0.25, 0.3) is 0 Å². The van der Waals surface area contributed by atoms with E-state index >= 15 is 0 Å². The first-order chi connectivity index (χ1) is 10.0. The Labute approximate surface area is 135 Å².